The van der Waals surface area contributed by atoms with Crippen molar-refractivity contribution in [3.63, 3.8) is 0 Å². The smallest absolute Gasteiger partial charge is 0.267 e. The molecule has 7 heteroatoms. The van der Waals surface area contributed by atoms with Gasteiger partial charge >= 0.3 is 0 Å². The molecule has 0 atom stereocenters. The Balaban J connectivity index is 1.75. The maximum Gasteiger partial charge on any atom is 0.267 e. The van der Waals surface area contributed by atoms with Gasteiger partial charge in [0.25, 0.3) is 5.91 Å². The maximum absolute atomic E-state index is 12.9. The number of carbonyl (C=O) groups excluding carboxylic acids is 1. The second-order valence-electron chi connectivity index (χ2n) is 5.24. The van der Waals surface area contributed by atoms with E-state index in [1.807, 2.05) is 31.2 Å². The third kappa shape index (κ3) is 3.75. The van der Waals surface area contributed by atoms with E-state index >= 15 is 0 Å². The lowest BCUT2D eigenvalue weighted by molar-refractivity contribution is 0.103. The molecule has 0 radical (unpaired) electrons. The third-order valence-electron chi connectivity index (χ3n) is 3.24. The van der Waals surface area contributed by atoms with Crippen molar-refractivity contribution in [2.45, 2.75) is 13.8 Å². The van der Waals surface area contributed by atoms with Crippen LogP contribution >= 0.6 is 11.3 Å². The van der Waals surface area contributed by atoms with Gasteiger partial charge in [-0.05, 0) is 43.7 Å². The summed E-state index contributed by atoms with van der Waals surface area (Å²) >= 11 is 1.22. The van der Waals surface area contributed by atoms with E-state index in [1.54, 1.807) is 6.92 Å². The Morgan fingerprint density at radius 3 is 2.75 bits per heavy atom. The number of pyridine rings is 1. The molecule has 0 bridgehead atoms. The molecule has 0 fully saturated rings. The van der Waals surface area contributed by atoms with Gasteiger partial charge in [0.2, 0.25) is 0 Å². The van der Waals surface area contributed by atoms with Gasteiger partial charge in [-0.1, -0.05) is 23.5 Å². The standard InChI is InChI=1S/C17H15FN4OS/c1-10-4-3-5-13(8-10)21-16(23)15-11(2)20-17(24-15)22-14-7-6-12(18)9-19-14/h3-9H,1-2H3,(H,21,23)(H,19,20,22). The number of carbonyl (C=O) groups is 1. The molecular formula is C17H15FN4OS. The first-order chi connectivity index (χ1) is 11.5. The fourth-order valence-corrected chi connectivity index (χ4v) is 3.00. The maximum atomic E-state index is 12.9. The normalized spacial score (nSPS) is 10.5. The number of thiazole rings is 1. The van der Waals surface area contributed by atoms with Gasteiger partial charge in [-0.15, -0.1) is 0 Å². The summed E-state index contributed by atoms with van der Waals surface area (Å²) in [5.41, 5.74) is 2.43. The lowest BCUT2D eigenvalue weighted by atomic mass is 10.2. The minimum Gasteiger partial charge on any atom is -0.321 e. The average Bonchev–Trinajstić information content (AvgIpc) is 2.90. The summed E-state index contributed by atoms with van der Waals surface area (Å²) < 4.78 is 12.9. The first-order valence-corrected chi connectivity index (χ1v) is 8.07. The molecule has 122 valence electrons. The van der Waals surface area contributed by atoms with Crippen LogP contribution in [-0.4, -0.2) is 15.9 Å². The van der Waals surface area contributed by atoms with Gasteiger partial charge in [0.05, 0.1) is 11.9 Å². The Bertz CT molecular complexity index is 877. The van der Waals surface area contributed by atoms with Crippen molar-refractivity contribution in [3.05, 3.63) is 64.5 Å². The van der Waals surface area contributed by atoms with E-state index in [4.69, 9.17) is 0 Å². The van der Waals surface area contributed by atoms with Gasteiger partial charge in [-0.25, -0.2) is 14.4 Å². The van der Waals surface area contributed by atoms with Gasteiger partial charge in [0.15, 0.2) is 5.13 Å². The molecular weight excluding hydrogens is 327 g/mol. The minimum atomic E-state index is -0.408. The first-order valence-electron chi connectivity index (χ1n) is 7.25. The molecule has 24 heavy (non-hydrogen) atoms. The zero-order chi connectivity index (χ0) is 17.1. The Morgan fingerprint density at radius 2 is 2.04 bits per heavy atom. The van der Waals surface area contributed by atoms with Crippen molar-refractivity contribution >= 4 is 33.9 Å². The topological polar surface area (TPSA) is 66.9 Å². The summed E-state index contributed by atoms with van der Waals surface area (Å²) in [4.78, 5) is 21.2. The van der Waals surface area contributed by atoms with Gasteiger partial charge < -0.3 is 10.6 Å². The van der Waals surface area contributed by atoms with Crippen molar-refractivity contribution in [1.82, 2.24) is 9.97 Å². The molecule has 2 N–H and O–H groups in total. The molecule has 0 aliphatic carbocycles. The lowest BCUT2D eigenvalue weighted by Gasteiger charge is -2.04. The molecule has 1 aromatic carbocycles. The van der Waals surface area contributed by atoms with Crippen LogP contribution in [0, 0.1) is 19.7 Å². The van der Waals surface area contributed by atoms with Gasteiger partial charge in [-0.2, -0.15) is 0 Å². The second-order valence-corrected chi connectivity index (χ2v) is 6.24. The predicted molar refractivity (Wildman–Crippen MR) is 93.5 cm³/mol. The summed E-state index contributed by atoms with van der Waals surface area (Å²) in [6.45, 7) is 3.73. The van der Waals surface area contributed by atoms with E-state index in [1.165, 1.54) is 23.5 Å². The van der Waals surface area contributed by atoms with Crippen LogP contribution in [0.15, 0.2) is 42.6 Å². The zero-order valence-electron chi connectivity index (χ0n) is 13.1. The number of rotatable bonds is 4. The van der Waals surface area contributed by atoms with Gasteiger partial charge in [-0.3, -0.25) is 4.79 Å². The molecule has 1 amide bonds. The molecule has 0 aliphatic heterocycles. The first kappa shape index (κ1) is 16.1. The number of halogens is 1. The van der Waals surface area contributed by atoms with Crippen molar-refractivity contribution in [2.24, 2.45) is 0 Å². The van der Waals surface area contributed by atoms with Crippen LogP contribution in [0.5, 0.6) is 0 Å². The van der Waals surface area contributed by atoms with Crippen LogP contribution in [0.4, 0.5) is 21.0 Å². The number of nitrogens with zero attached hydrogens (tertiary/aromatic N) is 2. The van der Waals surface area contributed by atoms with E-state index in [0.29, 0.717) is 21.5 Å². The third-order valence-corrected chi connectivity index (χ3v) is 4.31. The SMILES string of the molecule is Cc1cccc(NC(=O)c2sc(Nc3ccc(F)cn3)nc2C)c1. The summed E-state index contributed by atoms with van der Waals surface area (Å²) in [7, 11) is 0. The molecule has 5 nitrogen and oxygen atoms in total. The van der Waals surface area contributed by atoms with E-state index in [9.17, 15) is 9.18 Å². The molecule has 0 saturated heterocycles. The Morgan fingerprint density at radius 1 is 1.21 bits per heavy atom. The van der Waals surface area contributed by atoms with Crippen LogP contribution in [0.2, 0.25) is 0 Å². The molecule has 3 aromatic rings. The number of nitrogens with one attached hydrogen (secondary N) is 2. The fraction of sp³-hybridized carbons (Fsp3) is 0.118. The van der Waals surface area contributed by atoms with Crippen LogP contribution in [0.25, 0.3) is 0 Å². The highest BCUT2D eigenvalue weighted by Gasteiger charge is 2.16. The van der Waals surface area contributed by atoms with E-state index in [2.05, 4.69) is 20.6 Å². The highest BCUT2D eigenvalue weighted by atomic mass is 32.1. The molecule has 0 spiro atoms. The largest absolute Gasteiger partial charge is 0.321 e. The van der Waals surface area contributed by atoms with Crippen LogP contribution in [0.1, 0.15) is 20.9 Å². The Kier molecular flexibility index (Phi) is 4.52. The number of aromatic nitrogens is 2. The summed E-state index contributed by atoms with van der Waals surface area (Å²) in [6, 6.07) is 10.4. The highest BCUT2D eigenvalue weighted by Crippen LogP contribution is 2.26. The van der Waals surface area contributed by atoms with Gasteiger partial charge in [0, 0.05) is 5.69 Å². The number of anilines is 3. The minimum absolute atomic E-state index is 0.212. The molecule has 0 saturated carbocycles. The van der Waals surface area contributed by atoms with E-state index in [-0.39, 0.29) is 5.91 Å². The van der Waals surface area contributed by atoms with Crippen LogP contribution in [-0.2, 0) is 0 Å². The highest BCUT2D eigenvalue weighted by molar-refractivity contribution is 7.17. The number of aryl methyl sites for hydroxylation is 2. The van der Waals surface area contributed by atoms with Crippen molar-refractivity contribution in [1.29, 1.82) is 0 Å². The summed E-state index contributed by atoms with van der Waals surface area (Å²) in [5.74, 6) is -0.152. The average molecular weight is 342 g/mol. The fourth-order valence-electron chi connectivity index (χ4n) is 2.13. The predicted octanol–water partition coefficient (Wildman–Crippen LogP) is 4.29. The van der Waals surface area contributed by atoms with Crippen LogP contribution < -0.4 is 10.6 Å². The quantitative estimate of drug-likeness (QED) is 0.742. The number of hydrogen-bond acceptors (Lipinski definition) is 5. The monoisotopic (exact) mass is 342 g/mol. The molecule has 2 aromatic heterocycles. The van der Waals surface area contributed by atoms with Crippen LogP contribution in [0.3, 0.4) is 0 Å². The lowest BCUT2D eigenvalue weighted by Crippen LogP contribution is -2.11. The molecule has 0 unspecified atom stereocenters. The number of hydrogen-bond donors (Lipinski definition) is 2. The summed E-state index contributed by atoms with van der Waals surface area (Å²) in [5, 5.41) is 6.36. The van der Waals surface area contributed by atoms with Crippen molar-refractivity contribution < 1.29 is 9.18 Å². The Hall–Kier alpha value is -2.80. The number of amides is 1. The second kappa shape index (κ2) is 6.76. The summed E-state index contributed by atoms with van der Waals surface area (Å²) in [6.07, 6.45) is 1.12. The van der Waals surface area contributed by atoms with E-state index in [0.717, 1.165) is 17.4 Å². The van der Waals surface area contributed by atoms with E-state index < -0.39 is 5.82 Å². The van der Waals surface area contributed by atoms with Gasteiger partial charge in [0.1, 0.15) is 16.5 Å². The molecule has 3 rings (SSSR count). The van der Waals surface area contributed by atoms with Crippen molar-refractivity contribution in [2.75, 3.05) is 10.6 Å². The number of benzene rings is 1. The molecule has 2 heterocycles. The Labute approximate surface area is 142 Å². The van der Waals surface area contributed by atoms with Crippen molar-refractivity contribution in [3.8, 4) is 0 Å². The molecule has 0 aliphatic rings. The zero-order valence-corrected chi connectivity index (χ0v) is 13.9.